The van der Waals surface area contributed by atoms with Gasteiger partial charge in [-0.15, -0.1) is 0 Å². The van der Waals surface area contributed by atoms with Crippen molar-refractivity contribution in [1.82, 2.24) is 10.6 Å². The van der Waals surface area contributed by atoms with Gasteiger partial charge in [0.05, 0.1) is 12.2 Å². The Bertz CT molecular complexity index is 583. The lowest BCUT2D eigenvalue weighted by Gasteiger charge is -2.11. The molecule has 1 aromatic rings. The van der Waals surface area contributed by atoms with E-state index in [1.165, 1.54) is 0 Å². The molecular weight excluding hydrogens is 300 g/mol. The predicted octanol–water partition coefficient (Wildman–Crippen LogP) is 1.37. The van der Waals surface area contributed by atoms with Gasteiger partial charge in [0, 0.05) is 19.0 Å². The zero-order chi connectivity index (χ0) is 16.8. The molecule has 0 spiro atoms. The van der Waals surface area contributed by atoms with Gasteiger partial charge in [-0.1, -0.05) is 12.1 Å². The number of hydrogen-bond donors (Lipinski definition) is 2. The Morgan fingerprint density at radius 3 is 2.57 bits per heavy atom. The molecule has 124 valence electrons. The molecule has 0 saturated carbocycles. The fourth-order valence-electron chi connectivity index (χ4n) is 2.04. The van der Waals surface area contributed by atoms with Gasteiger partial charge in [-0.05, 0) is 31.5 Å². The molecule has 7 nitrogen and oxygen atoms in total. The van der Waals surface area contributed by atoms with E-state index in [4.69, 9.17) is 9.47 Å². The number of rotatable bonds is 5. The van der Waals surface area contributed by atoms with E-state index >= 15 is 0 Å². The summed E-state index contributed by atoms with van der Waals surface area (Å²) in [5.74, 6) is -1.07. The number of carbonyl (C=O) groups is 3. The van der Waals surface area contributed by atoms with Crippen molar-refractivity contribution in [3.63, 3.8) is 0 Å². The maximum absolute atomic E-state index is 11.9. The second-order valence-electron chi connectivity index (χ2n) is 5.53. The maximum atomic E-state index is 11.9. The number of carbonyl (C=O) groups excluding carboxylic acids is 3. The number of esters is 2. The molecule has 0 bridgehead atoms. The molecule has 2 rings (SSSR count). The first kappa shape index (κ1) is 16.8. The van der Waals surface area contributed by atoms with Crippen LogP contribution in [0.3, 0.4) is 0 Å². The monoisotopic (exact) mass is 320 g/mol. The zero-order valence-corrected chi connectivity index (χ0v) is 13.1. The molecule has 1 aliphatic heterocycles. The Labute approximate surface area is 134 Å². The molecule has 2 amide bonds. The molecule has 7 heteroatoms. The second-order valence-corrected chi connectivity index (χ2v) is 5.53. The third-order valence-corrected chi connectivity index (χ3v) is 3.20. The molecule has 2 N–H and O–H groups in total. The highest BCUT2D eigenvalue weighted by Crippen LogP contribution is 2.14. The summed E-state index contributed by atoms with van der Waals surface area (Å²) in [5.41, 5.74) is 1.20. The quantitative estimate of drug-likeness (QED) is 0.799. The van der Waals surface area contributed by atoms with E-state index in [1.807, 2.05) is 13.8 Å². The molecule has 23 heavy (non-hydrogen) atoms. The minimum atomic E-state index is -0.816. The van der Waals surface area contributed by atoms with Crippen LogP contribution in [0.1, 0.15) is 36.2 Å². The standard InChI is InChI=1S/C16H20N2O5/c1-10(2)18-16(21)17-9-11-3-5-12(6-4-11)14(19)23-13-7-8-22-15(13)20/h3-6,10,13H,7-9H2,1-2H3,(H2,17,18,21)/t13-/m0/s1. The summed E-state index contributed by atoms with van der Waals surface area (Å²) >= 11 is 0. The van der Waals surface area contributed by atoms with Crippen molar-refractivity contribution in [2.75, 3.05) is 6.61 Å². The average molecular weight is 320 g/mol. The Morgan fingerprint density at radius 2 is 2.00 bits per heavy atom. The highest BCUT2D eigenvalue weighted by molar-refractivity contribution is 5.91. The van der Waals surface area contributed by atoms with Gasteiger partial charge < -0.3 is 20.1 Å². The van der Waals surface area contributed by atoms with Crippen LogP contribution in [0, 0.1) is 0 Å². The molecule has 1 saturated heterocycles. The first-order valence-corrected chi connectivity index (χ1v) is 7.46. The summed E-state index contributed by atoms with van der Waals surface area (Å²) in [6, 6.07) is 6.45. The molecular formula is C16H20N2O5. The van der Waals surface area contributed by atoms with Crippen LogP contribution in [0.2, 0.25) is 0 Å². The van der Waals surface area contributed by atoms with Crippen LogP contribution in [0.5, 0.6) is 0 Å². The normalized spacial score (nSPS) is 16.8. The summed E-state index contributed by atoms with van der Waals surface area (Å²) in [5, 5.41) is 5.44. The van der Waals surface area contributed by atoms with Gasteiger partial charge in [0.2, 0.25) is 6.10 Å². The van der Waals surface area contributed by atoms with Crippen LogP contribution in [-0.2, 0) is 20.8 Å². The van der Waals surface area contributed by atoms with Crippen molar-refractivity contribution in [3.8, 4) is 0 Å². The number of nitrogens with one attached hydrogen (secondary N) is 2. The Hall–Kier alpha value is -2.57. The van der Waals surface area contributed by atoms with E-state index in [-0.39, 0.29) is 18.7 Å². The fourth-order valence-corrected chi connectivity index (χ4v) is 2.04. The van der Waals surface area contributed by atoms with E-state index in [0.29, 0.717) is 18.5 Å². The van der Waals surface area contributed by atoms with Crippen molar-refractivity contribution in [2.45, 2.75) is 39.0 Å². The molecule has 0 unspecified atom stereocenters. The zero-order valence-electron chi connectivity index (χ0n) is 13.1. The van der Waals surface area contributed by atoms with E-state index in [9.17, 15) is 14.4 Å². The maximum Gasteiger partial charge on any atom is 0.347 e. The lowest BCUT2D eigenvalue weighted by molar-refractivity contribution is -0.145. The molecule has 1 fully saturated rings. The van der Waals surface area contributed by atoms with Gasteiger partial charge in [-0.25, -0.2) is 14.4 Å². The first-order valence-electron chi connectivity index (χ1n) is 7.46. The minimum Gasteiger partial charge on any atom is -0.463 e. The van der Waals surface area contributed by atoms with Crippen molar-refractivity contribution >= 4 is 18.0 Å². The van der Waals surface area contributed by atoms with Gasteiger partial charge >= 0.3 is 18.0 Å². The summed E-state index contributed by atoms with van der Waals surface area (Å²) in [6.45, 7) is 4.38. The van der Waals surface area contributed by atoms with Crippen LogP contribution < -0.4 is 10.6 Å². The van der Waals surface area contributed by atoms with Crippen molar-refractivity contribution < 1.29 is 23.9 Å². The Morgan fingerprint density at radius 1 is 1.30 bits per heavy atom. The van der Waals surface area contributed by atoms with Crippen molar-refractivity contribution in [1.29, 1.82) is 0 Å². The fraction of sp³-hybridized carbons (Fsp3) is 0.438. The number of benzene rings is 1. The second kappa shape index (κ2) is 7.62. The predicted molar refractivity (Wildman–Crippen MR) is 81.7 cm³/mol. The number of hydrogen-bond acceptors (Lipinski definition) is 5. The molecule has 1 atom stereocenters. The smallest absolute Gasteiger partial charge is 0.347 e. The number of amides is 2. The summed E-state index contributed by atoms with van der Waals surface area (Å²) in [7, 11) is 0. The minimum absolute atomic E-state index is 0.0643. The van der Waals surface area contributed by atoms with E-state index in [2.05, 4.69) is 10.6 Å². The van der Waals surface area contributed by atoms with Gasteiger partial charge in [0.25, 0.3) is 0 Å². The van der Waals surface area contributed by atoms with Gasteiger partial charge in [-0.3, -0.25) is 0 Å². The average Bonchev–Trinajstić information content (AvgIpc) is 2.90. The molecule has 0 radical (unpaired) electrons. The highest BCUT2D eigenvalue weighted by Gasteiger charge is 2.30. The molecule has 1 heterocycles. The van der Waals surface area contributed by atoms with E-state index in [1.54, 1.807) is 24.3 Å². The molecule has 0 aromatic heterocycles. The van der Waals surface area contributed by atoms with Crippen molar-refractivity contribution in [3.05, 3.63) is 35.4 Å². The summed E-state index contributed by atoms with van der Waals surface area (Å²) in [4.78, 5) is 34.7. The largest absolute Gasteiger partial charge is 0.463 e. The van der Waals surface area contributed by atoms with Gasteiger partial charge in [0.1, 0.15) is 0 Å². The molecule has 0 aliphatic carbocycles. The van der Waals surface area contributed by atoms with Crippen LogP contribution in [0.15, 0.2) is 24.3 Å². The van der Waals surface area contributed by atoms with Gasteiger partial charge in [-0.2, -0.15) is 0 Å². The topological polar surface area (TPSA) is 93.7 Å². The third kappa shape index (κ3) is 4.98. The van der Waals surface area contributed by atoms with Crippen LogP contribution in [-0.4, -0.2) is 36.7 Å². The number of ether oxygens (including phenoxy) is 2. The molecule has 1 aromatic carbocycles. The Kier molecular flexibility index (Phi) is 5.56. The lowest BCUT2D eigenvalue weighted by atomic mass is 10.1. The molecule has 1 aliphatic rings. The highest BCUT2D eigenvalue weighted by atomic mass is 16.6. The van der Waals surface area contributed by atoms with Crippen molar-refractivity contribution in [2.24, 2.45) is 0 Å². The first-order chi connectivity index (χ1) is 11.0. The Balaban J connectivity index is 1.85. The van der Waals surface area contributed by atoms with Gasteiger partial charge in [0.15, 0.2) is 0 Å². The van der Waals surface area contributed by atoms with Crippen LogP contribution >= 0.6 is 0 Å². The lowest BCUT2D eigenvalue weighted by Crippen LogP contribution is -2.39. The van der Waals surface area contributed by atoms with Crippen LogP contribution in [0.25, 0.3) is 0 Å². The van der Waals surface area contributed by atoms with E-state index in [0.717, 1.165) is 5.56 Å². The number of cyclic esters (lactones) is 1. The van der Waals surface area contributed by atoms with E-state index < -0.39 is 18.0 Å². The summed E-state index contributed by atoms with van der Waals surface area (Å²) < 4.78 is 9.84. The van der Waals surface area contributed by atoms with Crippen LogP contribution in [0.4, 0.5) is 4.79 Å². The SMILES string of the molecule is CC(C)NC(=O)NCc1ccc(C(=O)O[C@H]2CCOC2=O)cc1. The third-order valence-electron chi connectivity index (χ3n) is 3.20. The summed E-state index contributed by atoms with van der Waals surface area (Å²) in [6.07, 6.45) is -0.430. The number of urea groups is 1.